The van der Waals surface area contributed by atoms with Crippen LogP contribution in [-0.4, -0.2) is 22.7 Å². The van der Waals surface area contributed by atoms with Gasteiger partial charge in [0, 0.05) is 5.56 Å². The summed E-state index contributed by atoms with van der Waals surface area (Å²) in [4.78, 5) is 8.66. The van der Waals surface area contributed by atoms with Crippen molar-refractivity contribution in [2.75, 3.05) is 6.61 Å². The lowest BCUT2D eigenvalue weighted by Crippen LogP contribution is -1.96. The SMILES string of the molecule is C=CCOc1cnc(-c2ccc(CCCCCC(C)F)cc2)nc1. The molecule has 1 aromatic heterocycles. The van der Waals surface area contributed by atoms with E-state index in [0.29, 0.717) is 24.6 Å². The Labute approximate surface area is 143 Å². The van der Waals surface area contributed by atoms with Crippen LogP contribution >= 0.6 is 0 Å². The second-order valence-electron chi connectivity index (χ2n) is 5.92. The maximum atomic E-state index is 12.7. The van der Waals surface area contributed by atoms with Crippen LogP contribution < -0.4 is 4.74 Å². The molecule has 0 aliphatic heterocycles. The van der Waals surface area contributed by atoms with E-state index in [0.717, 1.165) is 31.2 Å². The maximum Gasteiger partial charge on any atom is 0.159 e. The minimum atomic E-state index is -0.683. The molecule has 1 aromatic carbocycles. The lowest BCUT2D eigenvalue weighted by molar-refractivity contribution is 0.330. The van der Waals surface area contributed by atoms with Crippen molar-refractivity contribution in [3.8, 4) is 17.1 Å². The van der Waals surface area contributed by atoms with Crippen molar-refractivity contribution in [1.82, 2.24) is 9.97 Å². The largest absolute Gasteiger partial charge is 0.486 e. The third-order valence-corrected chi connectivity index (χ3v) is 3.78. The molecule has 0 N–H and O–H groups in total. The van der Waals surface area contributed by atoms with Gasteiger partial charge in [0.15, 0.2) is 11.6 Å². The summed E-state index contributed by atoms with van der Waals surface area (Å²) in [6.07, 6.45) is 9.17. The fraction of sp³-hybridized carbons (Fsp3) is 0.400. The van der Waals surface area contributed by atoms with Crippen molar-refractivity contribution >= 4 is 0 Å². The Balaban J connectivity index is 1.83. The van der Waals surface area contributed by atoms with Gasteiger partial charge in [-0.2, -0.15) is 0 Å². The van der Waals surface area contributed by atoms with Crippen molar-refractivity contribution in [3.05, 3.63) is 54.9 Å². The second kappa shape index (κ2) is 9.81. The number of ether oxygens (including phenoxy) is 1. The number of hydrogen-bond donors (Lipinski definition) is 0. The highest BCUT2D eigenvalue weighted by Crippen LogP contribution is 2.18. The van der Waals surface area contributed by atoms with E-state index >= 15 is 0 Å². The summed E-state index contributed by atoms with van der Waals surface area (Å²) in [5.41, 5.74) is 2.28. The van der Waals surface area contributed by atoms with E-state index < -0.39 is 6.17 Å². The van der Waals surface area contributed by atoms with E-state index in [2.05, 4.69) is 28.7 Å². The predicted molar refractivity (Wildman–Crippen MR) is 95.9 cm³/mol. The summed E-state index contributed by atoms with van der Waals surface area (Å²) in [5.74, 6) is 1.32. The van der Waals surface area contributed by atoms with E-state index in [1.165, 1.54) is 5.56 Å². The third-order valence-electron chi connectivity index (χ3n) is 3.78. The summed E-state index contributed by atoms with van der Waals surface area (Å²) in [5, 5.41) is 0. The van der Waals surface area contributed by atoms with Gasteiger partial charge in [-0.3, -0.25) is 0 Å². The van der Waals surface area contributed by atoms with Gasteiger partial charge < -0.3 is 4.74 Å². The first-order valence-corrected chi connectivity index (χ1v) is 8.48. The number of hydrogen-bond acceptors (Lipinski definition) is 3. The van der Waals surface area contributed by atoms with Gasteiger partial charge in [-0.05, 0) is 31.7 Å². The number of aryl methyl sites for hydroxylation is 1. The molecule has 4 heteroatoms. The van der Waals surface area contributed by atoms with Gasteiger partial charge in [-0.25, -0.2) is 14.4 Å². The predicted octanol–water partition coefficient (Wildman–Crippen LogP) is 5.17. The Morgan fingerprint density at radius 2 is 1.83 bits per heavy atom. The number of rotatable bonds is 10. The average Bonchev–Trinajstić information content (AvgIpc) is 2.60. The highest BCUT2D eigenvalue weighted by molar-refractivity contribution is 5.55. The third kappa shape index (κ3) is 6.11. The van der Waals surface area contributed by atoms with Crippen molar-refractivity contribution < 1.29 is 9.13 Å². The van der Waals surface area contributed by atoms with Crippen LogP contribution in [0, 0.1) is 0 Å². The van der Waals surface area contributed by atoms with E-state index in [1.807, 2.05) is 12.1 Å². The van der Waals surface area contributed by atoms with Gasteiger partial charge in [0.05, 0.1) is 18.6 Å². The van der Waals surface area contributed by atoms with Gasteiger partial charge in [0.1, 0.15) is 6.61 Å². The summed E-state index contributed by atoms with van der Waals surface area (Å²) in [7, 11) is 0. The van der Waals surface area contributed by atoms with Crippen LogP contribution in [0.2, 0.25) is 0 Å². The molecule has 0 fully saturated rings. The van der Waals surface area contributed by atoms with Crippen molar-refractivity contribution in [2.45, 2.75) is 45.2 Å². The molecule has 0 radical (unpaired) electrons. The molecule has 3 nitrogen and oxygen atoms in total. The van der Waals surface area contributed by atoms with Crippen LogP contribution in [0.25, 0.3) is 11.4 Å². The Morgan fingerprint density at radius 1 is 1.12 bits per heavy atom. The van der Waals surface area contributed by atoms with Gasteiger partial charge >= 0.3 is 0 Å². The number of aromatic nitrogens is 2. The van der Waals surface area contributed by atoms with Gasteiger partial charge in [-0.1, -0.05) is 49.8 Å². The lowest BCUT2D eigenvalue weighted by atomic mass is 10.0. The van der Waals surface area contributed by atoms with E-state index in [-0.39, 0.29) is 0 Å². The molecule has 0 bridgehead atoms. The van der Waals surface area contributed by atoms with Crippen molar-refractivity contribution in [1.29, 1.82) is 0 Å². The zero-order chi connectivity index (χ0) is 17.2. The van der Waals surface area contributed by atoms with Gasteiger partial charge in [0.25, 0.3) is 0 Å². The van der Waals surface area contributed by atoms with Crippen LogP contribution in [0.1, 0.15) is 38.2 Å². The quantitative estimate of drug-likeness (QED) is 0.446. The summed E-state index contributed by atoms with van der Waals surface area (Å²) >= 11 is 0. The molecule has 0 amide bonds. The number of halogens is 1. The first-order valence-electron chi connectivity index (χ1n) is 8.48. The Kier molecular flexibility index (Phi) is 7.40. The fourth-order valence-corrected chi connectivity index (χ4v) is 2.45. The number of unbranched alkanes of at least 4 members (excludes halogenated alkanes) is 2. The minimum absolute atomic E-state index is 0.446. The standard InChI is InChI=1S/C20H25FN2O/c1-3-13-24-19-14-22-20(23-15-19)18-11-9-17(10-12-18)8-6-4-5-7-16(2)21/h3,9-12,14-16H,1,4-8,13H2,2H3. The first kappa shape index (κ1) is 18.1. The molecule has 0 aliphatic carbocycles. The molecule has 0 aliphatic rings. The number of benzene rings is 1. The second-order valence-corrected chi connectivity index (χ2v) is 5.92. The summed E-state index contributed by atoms with van der Waals surface area (Å²) in [6.45, 7) is 5.68. The Morgan fingerprint density at radius 3 is 2.46 bits per heavy atom. The van der Waals surface area contributed by atoms with Crippen molar-refractivity contribution in [3.63, 3.8) is 0 Å². The van der Waals surface area contributed by atoms with E-state index in [1.54, 1.807) is 25.4 Å². The molecule has 0 spiro atoms. The fourth-order valence-electron chi connectivity index (χ4n) is 2.45. The molecule has 2 rings (SSSR count). The maximum absolute atomic E-state index is 12.7. The monoisotopic (exact) mass is 328 g/mol. The highest BCUT2D eigenvalue weighted by Gasteiger charge is 2.03. The Bertz CT molecular complexity index is 609. The van der Waals surface area contributed by atoms with Crippen LogP contribution in [-0.2, 0) is 6.42 Å². The van der Waals surface area contributed by atoms with Crippen molar-refractivity contribution in [2.24, 2.45) is 0 Å². The minimum Gasteiger partial charge on any atom is -0.486 e. The smallest absolute Gasteiger partial charge is 0.159 e. The molecule has 0 saturated heterocycles. The normalized spacial score (nSPS) is 11.9. The summed E-state index contributed by atoms with van der Waals surface area (Å²) in [6, 6.07) is 8.30. The number of alkyl halides is 1. The van der Waals surface area contributed by atoms with Gasteiger partial charge in [0.2, 0.25) is 0 Å². The Hall–Kier alpha value is -2.23. The van der Waals surface area contributed by atoms with Crippen LogP contribution in [0.3, 0.4) is 0 Å². The molecule has 1 unspecified atom stereocenters. The highest BCUT2D eigenvalue weighted by atomic mass is 19.1. The van der Waals surface area contributed by atoms with Crippen LogP contribution in [0.15, 0.2) is 49.3 Å². The van der Waals surface area contributed by atoms with E-state index in [9.17, 15) is 4.39 Å². The topological polar surface area (TPSA) is 35.0 Å². The number of nitrogens with zero attached hydrogens (tertiary/aromatic N) is 2. The van der Waals surface area contributed by atoms with Crippen LogP contribution in [0.5, 0.6) is 5.75 Å². The van der Waals surface area contributed by atoms with E-state index in [4.69, 9.17) is 4.74 Å². The zero-order valence-corrected chi connectivity index (χ0v) is 14.2. The molecular weight excluding hydrogens is 303 g/mol. The average molecular weight is 328 g/mol. The zero-order valence-electron chi connectivity index (χ0n) is 14.2. The van der Waals surface area contributed by atoms with Crippen LogP contribution in [0.4, 0.5) is 4.39 Å². The first-order chi connectivity index (χ1) is 11.7. The lowest BCUT2D eigenvalue weighted by Gasteiger charge is -2.06. The molecule has 24 heavy (non-hydrogen) atoms. The molecule has 0 saturated carbocycles. The molecule has 1 heterocycles. The summed E-state index contributed by atoms with van der Waals surface area (Å²) < 4.78 is 18.1. The van der Waals surface area contributed by atoms with Gasteiger partial charge in [-0.15, -0.1) is 0 Å². The molecule has 1 atom stereocenters. The molecule has 2 aromatic rings. The molecular formula is C20H25FN2O. The molecule has 128 valence electrons.